The molecule has 0 amide bonds. The Kier molecular flexibility index (Phi) is 4.39. The van der Waals surface area contributed by atoms with Gasteiger partial charge in [-0.25, -0.2) is 9.97 Å². The topological polar surface area (TPSA) is 63.8 Å². The highest BCUT2D eigenvalue weighted by Gasteiger charge is 1.93. The van der Waals surface area contributed by atoms with Crippen LogP contribution in [0.15, 0.2) is 12.4 Å². The molecular formula is C8H14N4S. The molecule has 0 saturated heterocycles. The van der Waals surface area contributed by atoms with Crippen LogP contribution in [-0.2, 0) is 0 Å². The Bertz CT molecular complexity index is 254. The van der Waals surface area contributed by atoms with E-state index >= 15 is 0 Å². The van der Waals surface area contributed by atoms with Crippen LogP contribution in [0.5, 0.6) is 0 Å². The van der Waals surface area contributed by atoms with Crippen molar-refractivity contribution in [2.24, 2.45) is 0 Å². The summed E-state index contributed by atoms with van der Waals surface area (Å²) >= 11 is 1.84. The van der Waals surface area contributed by atoms with Gasteiger partial charge in [0.1, 0.15) is 18.0 Å². The number of nitrogens with zero attached hydrogens (tertiary/aromatic N) is 2. The van der Waals surface area contributed by atoms with Crippen LogP contribution in [0.25, 0.3) is 0 Å². The molecule has 5 heteroatoms. The molecule has 0 unspecified atom stereocenters. The molecule has 0 spiro atoms. The van der Waals surface area contributed by atoms with Crippen molar-refractivity contribution in [2.75, 3.05) is 29.6 Å². The largest absolute Gasteiger partial charge is 0.384 e. The average molecular weight is 198 g/mol. The molecule has 0 aliphatic heterocycles. The van der Waals surface area contributed by atoms with Crippen molar-refractivity contribution >= 4 is 23.4 Å². The third kappa shape index (κ3) is 3.98. The van der Waals surface area contributed by atoms with Gasteiger partial charge >= 0.3 is 0 Å². The van der Waals surface area contributed by atoms with Crippen molar-refractivity contribution in [3.8, 4) is 0 Å². The SMILES string of the molecule is CSCCCNc1cc(N)ncn1. The molecule has 0 aromatic carbocycles. The average Bonchev–Trinajstić information content (AvgIpc) is 2.13. The lowest BCUT2D eigenvalue weighted by Crippen LogP contribution is -2.05. The minimum absolute atomic E-state index is 0.502. The Hall–Kier alpha value is -0.970. The molecule has 0 bridgehead atoms. The van der Waals surface area contributed by atoms with Crippen molar-refractivity contribution in [1.82, 2.24) is 9.97 Å². The van der Waals surface area contributed by atoms with Crippen molar-refractivity contribution in [3.63, 3.8) is 0 Å². The van der Waals surface area contributed by atoms with Crippen molar-refractivity contribution in [3.05, 3.63) is 12.4 Å². The lowest BCUT2D eigenvalue weighted by atomic mass is 10.4. The molecule has 1 rings (SSSR count). The summed E-state index contributed by atoms with van der Waals surface area (Å²) in [7, 11) is 0. The molecule has 1 heterocycles. The summed E-state index contributed by atoms with van der Waals surface area (Å²) in [5.41, 5.74) is 5.49. The van der Waals surface area contributed by atoms with E-state index < -0.39 is 0 Å². The molecule has 0 saturated carbocycles. The fourth-order valence-electron chi connectivity index (χ4n) is 0.902. The summed E-state index contributed by atoms with van der Waals surface area (Å²) < 4.78 is 0. The van der Waals surface area contributed by atoms with Gasteiger partial charge in [-0.1, -0.05) is 0 Å². The maximum Gasteiger partial charge on any atom is 0.131 e. The van der Waals surface area contributed by atoms with Gasteiger partial charge in [-0.15, -0.1) is 0 Å². The molecule has 0 aliphatic rings. The summed E-state index contributed by atoms with van der Waals surface area (Å²) in [6, 6.07) is 1.74. The van der Waals surface area contributed by atoms with Crippen molar-refractivity contribution in [2.45, 2.75) is 6.42 Å². The first-order valence-corrected chi connectivity index (χ1v) is 5.52. The smallest absolute Gasteiger partial charge is 0.131 e. The number of hydrogen-bond donors (Lipinski definition) is 2. The Morgan fingerprint density at radius 2 is 2.38 bits per heavy atom. The van der Waals surface area contributed by atoms with E-state index in [1.807, 2.05) is 11.8 Å². The minimum atomic E-state index is 0.502. The van der Waals surface area contributed by atoms with Gasteiger partial charge in [0.15, 0.2) is 0 Å². The monoisotopic (exact) mass is 198 g/mol. The van der Waals surface area contributed by atoms with E-state index in [9.17, 15) is 0 Å². The van der Waals surface area contributed by atoms with E-state index in [2.05, 4.69) is 21.5 Å². The fourth-order valence-corrected chi connectivity index (χ4v) is 1.33. The predicted octanol–water partition coefficient (Wildman–Crippen LogP) is 1.22. The zero-order valence-corrected chi connectivity index (χ0v) is 8.47. The summed E-state index contributed by atoms with van der Waals surface area (Å²) in [5, 5.41) is 3.18. The maximum absolute atomic E-state index is 5.49. The molecule has 72 valence electrons. The van der Waals surface area contributed by atoms with Gasteiger partial charge in [-0.3, -0.25) is 0 Å². The zero-order valence-electron chi connectivity index (χ0n) is 7.66. The highest BCUT2D eigenvalue weighted by Crippen LogP contribution is 2.04. The molecule has 0 atom stereocenters. The van der Waals surface area contributed by atoms with Crippen LogP contribution in [-0.4, -0.2) is 28.5 Å². The molecule has 13 heavy (non-hydrogen) atoms. The number of rotatable bonds is 5. The van der Waals surface area contributed by atoms with E-state index in [0.717, 1.165) is 24.5 Å². The van der Waals surface area contributed by atoms with Gasteiger partial charge in [0.25, 0.3) is 0 Å². The minimum Gasteiger partial charge on any atom is -0.384 e. The summed E-state index contributed by atoms with van der Waals surface area (Å²) in [4.78, 5) is 7.83. The van der Waals surface area contributed by atoms with Gasteiger partial charge < -0.3 is 11.1 Å². The highest BCUT2D eigenvalue weighted by molar-refractivity contribution is 7.98. The second-order valence-electron chi connectivity index (χ2n) is 2.60. The summed E-state index contributed by atoms with van der Waals surface area (Å²) in [6.45, 7) is 0.928. The Balaban J connectivity index is 2.28. The standard InChI is InChI=1S/C8H14N4S/c1-13-4-2-3-10-8-5-7(9)11-6-12-8/h5-6H,2-4H2,1H3,(H3,9,10,11,12). The van der Waals surface area contributed by atoms with Gasteiger partial charge in [-0.05, 0) is 18.4 Å². The molecule has 0 radical (unpaired) electrons. The van der Waals surface area contributed by atoms with Gasteiger partial charge in [0, 0.05) is 12.6 Å². The summed E-state index contributed by atoms with van der Waals surface area (Å²) in [5.74, 6) is 2.46. The molecule has 1 aromatic rings. The number of nitrogens with one attached hydrogen (secondary N) is 1. The third-order valence-electron chi connectivity index (χ3n) is 1.52. The summed E-state index contributed by atoms with van der Waals surface area (Å²) in [6.07, 6.45) is 4.69. The van der Waals surface area contributed by atoms with Crippen molar-refractivity contribution < 1.29 is 0 Å². The molecule has 1 aromatic heterocycles. The number of anilines is 2. The second kappa shape index (κ2) is 5.64. The first kappa shape index (κ1) is 10.1. The first-order valence-electron chi connectivity index (χ1n) is 4.13. The Morgan fingerprint density at radius 1 is 1.54 bits per heavy atom. The fraction of sp³-hybridized carbons (Fsp3) is 0.500. The van der Waals surface area contributed by atoms with Gasteiger partial charge in [0.05, 0.1) is 0 Å². The van der Waals surface area contributed by atoms with Crippen LogP contribution in [0.3, 0.4) is 0 Å². The highest BCUT2D eigenvalue weighted by atomic mass is 32.2. The van der Waals surface area contributed by atoms with Gasteiger partial charge in [0.2, 0.25) is 0 Å². The number of hydrogen-bond acceptors (Lipinski definition) is 5. The van der Waals surface area contributed by atoms with E-state index in [-0.39, 0.29) is 0 Å². The first-order chi connectivity index (χ1) is 6.33. The van der Waals surface area contributed by atoms with Crippen LogP contribution in [0.4, 0.5) is 11.6 Å². The molecule has 3 N–H and O–H groups in total. The van der Waals surface area contributed by atoms with E-state index in [4.69, 9.17) is 5.73 Å². The van der Waals surface area contributed by atoms with Crippen molar-refractivity contribution in [1.29, 1.82) is 0 Å². The van der Waals surface area contributed by atoms with E-state index in [1.54, 1.807) is 6.07 Å². The van der Waals surface area contributed by atoms with Crippen LogP contribution in [0, 0.1) is 0 Å². The second-order valence-corrected chi connectivity index (χ2v) is 3.59. The van der Waals surface area contributed by atoms with Crippen LogP contribution < -0.4 is 11.1 Å². The molecular weight excluding hydrogens is 184 g/mol. The van der Waals surface area contributed by atoms with Gasteiger partial charge in [-0.2, -0.15) is 11.8 Å². The third-order valence-corrected chi connectivity index (χ3v) is 2.22. The zero-order chi connectivity index (χ0) is 9.52. The number of nitrogen functional groups attached to an aromatic ring is 1. The molecule has 0 fully saturated rings. The van der Waals surface area contributed by atoms with Crippen LogP contribution in [0.1, 0.15) is 6.42 Å². The van der Waals surface area contributed by atoms with E-state index in [0.29, 0.717) is 5.82 Å². The number of thioether (sulfide) groups is 1. The predicted molar refractivity (Wildman–Crippen MR) is 57.9 cm³/mol. The lowest BCUT2D eigenvalue weighted by molar-refractivity contribution is 0.977. The number of aromatic nitrogens is 2. The lowest BCUT2D eigenvalue weighted by Gasteiger charge is -2.04. The Labute approximate surface area is 82.3 Å². The maximum atomic E-state index is 5.49. The Morgan fingerprint density at radius 3 is 3.08 bits per heavy atom. The van der Waals surface area contributed by atoms with Crippen LogP contribution in [0.2, 0.25) is 0 Å². The number of nitrogens with two attached hydrogens (primary N) is 1. The normalized spacial score (nSPS) is 9.92. The van der Waals surface area contributed by atoms with E-state index in [1.165, 1.54) is 6.33 Å². The molecule has 0 aliphatic carbocycles. The van der Waals surface area contributed by atoms with Crippen LogP contribution >= 0.6 is 11.8 Å². The molecule has 4 nitrogen and oxygen atoms in total. The quantitative estimate of drug-likeness (QED) is 0.697.